The minimum atomic E-state index is -4.60. The Labute approximate surface area is 214 Å². The van der Waals surface area contributed by atoms with Gasteiger partial charge in [-0.15, -0.1) is 0 Å². The van der Waals surface area contributed by atoms with Gasteiger partial charge in [-0.25, -0.2) is 8.42 Å². The molecular weight excluding hydrogens is 453 g/mol. The molecule has 0 spiro atoms. The van der Waals surface area contributed by atoms with Gasteiger partial charge in [-0.3, -0.25) is 4.79 Å². The molecule has 1 amide bonds. The zero-order chi connectivity index (χ0) is 23.9. The summed E-state index contributed by atoms with van der Waals surface area (Å²) in [6.07, 6.45) is 2.38. The molecule has 0 saturated heterocycles. The molecule has 0 saturated carbocycles. The molecule has 0 heterocycles. The molecule has 5 N–H and O–H groups in total. The Morgan fingerprint density at radius 2 is 1.34 bits per heavy atom. The van der Waals surface area contributed by atoms with E-state index in [2.05, 4.69) is 6.92 Å². The Morgan fingerprint density at radius 1 is 0.875 bits per heavy atom. The number of aliphatic hydroxyl groups is 5. The predicted octanol–water partition coefficient (Wildman–Crippen LogP) is -3.28. The Kier molecular flexibility index (Phi) is 20.9. The molecule has 0 aromatic heterocycles. The number of carbonyl (C=O) groups is 1. The van der Waals surface area contributed by atoms with E-state index in [4.69, 9.17) is 5.11 Å². The molecule has 4 atom stereocenters. The van der Waals surface area contributed by atoms with Gasteiger partial charge in [0.05, 0.1) is 22.5 Å². The van der Waals surface area contributed by atoms with E-state index < -0.39 is 65.9 Å². The van der Waals surface area contributed by atoms with Crippen molar-refractivity contribution in [3.63, 3.8) is 0 Å². The summed E-state index contributed by atoms with van der Waals surface area (Å²) in [6.45, 7) is 0.334. The van der Waals surface area contributed by atoms with E-state index in [1.54, 1.807) is 0 Å². The molecule has 0 aromatic carbocycles. The van der Waals surface area contributed by atoms with Crippen molar-refractivity contribution in [2.75, 3.05) is 25.4 Å². The third kappa shape index (κ3) is 16.7. The number of rotatable bonds is 19. The molecule has 0 aliphatic rings. The zero-order valence-electron chi connectivity index (χ0n) is 19.4. The van der Waals surface area contributed by atoms with Crippen molar-refractivity contribution in [3.8, 4) is 0 Å². The summed E-state index contributed by atoms with van der Waals surface area (Å²) < 4.78 is 32.8. The zero-order valence-corrected chi connectivity index (χ0v) is 22.2. The monoisotopic (exact) mass is 493 g/mol. The van der Waals surface area contributed by atoms with Crippen LogP contribution in [0, 0.1) is 0 Å². The first-order valence-corrected chi connectivity index (χ1v) is 12.7. The molecule has 0 fully saturated rings. The number of amides is 1. The molecule has 32 heavy (non-hydrogen) atoms. The Hall–Kier alpha value is 0.180. The molecule has 0 aliphatic heterocycles. The van der Waals surface area contributed by atoms with E-state index in [9.17, 15) is 38.2 Å². The fraction of sp³-hybridized carbons (Fsp3) is 0.950. The molecule has 0 bridgehead atoms. The second-order valence-electron chi connectivity index (χ2n) is 7.98. The van der Waals surface area contributed by atoms with Crippen LogP contribution in [0.1, 0.15) is 71.1 Å². The maximum absolute atomic E-state index is 12.5. The standard InChI is InChI=1S/C20H41NO9S.Na/c1-2-3-4-5-6-7-8-9-10-11-18(25)21(12-13-31(28,29)30)14-16(23)19(26)20(27)17(24)15-22;/h16-17,19-20,22-24,26-27H,2-15H2,1H3,(H,28,29,30);/q;+1/p-1/t16-,17+,19+,20+;/m0./s1. The number of hydrogen-bond donors (Lipinski definition) is 5. The van der Waals surface area contributed by atoms with Crippen LogP contribution in [0.2, 0.25) is 0 Å². The van der Waals surface area contributed by atoms with Crippen LogP contribution in [0.5, 0.6) is 0 Å². The summed E-state index contributed by atoms with van der Waals surface area (Å²) in [5.41, 5.74) is 0. The van der Waals surface area contributed by atoms with Crippen molar-refractivity contribution in [3.05, 3.63) is 0 Å². The average molecular weight is 494 g/mol. The molecule has 0 aromatic rings. The summed E-state index contributed by atoms with van der Waals surface area (Å²) in [6, 6.07) is 0. The fourth-order valence-corrected chi connectivity index (χ4v) is 3.63. The van der Waals surface area contributed by atoms with Crippen LogP contribution in [0.3, 0.4) is 0 Å². The molecule has 0 radical (unpaired) electrons. The Balaban J connectivity index is 0. The van der Waals surface area contributed by atoms with Gasteiger partial charge >= 0.3 is 29.6 Å². The number of unbranched alkanes of at least 4 members (excludes halogenated alkanes) is 8. The third-order valence-corrected chi connectivity index (χ3v) is 5.87. The first-order chi connectivity index (χ1) is 14.5. The van der Waals surface area contributed by atoms with Crippen LogP contribution >= 0.6 is 0 Å². The summed E-state index contributed by atoms with van der Waals surface area (Å²) in [5.74, 6) is -1.32. The smallest absolute Gasteiger partial charge is 0.748 e. The summed E-state index contributed by atoms with van der Waals surface area (Å²) in [7, 11) is -4.60. The fourth-order valence-electron chi connectivity index (χ4n) is 3.18. The van der Waals surface area contributed by atoms with Crippen LogP contribution in [0.4, 0.5) is 0 Å². The molecule has 12 heteroatoms. The SMILES string of the molecule is CCCCCCCCCCCC(=O)N(CCS(=O)(=O)[O-])C[C@H](O)[C@@H](O)[C@H](O)[C@H](O)CO.[Na+]. The van der Waals surface area contributed by atoms with Crippen molar-refractivity contribution in [1.82, 2.24) is 4.90 Å². The Morgan fingerprint density at radius 3 is 1.81 bits per heavy atom. The molecule has 10 nitrogen and oxygen atoms in total. The van der Waals surface area contributed by atoms with Gasteiger partial charge in [-0.05, 0) is 6.42 Å². The minimum absolute atomic E-state index is 0. The molecule has 0 aliphatic carbocycles. The maximum Gasteiger partial charge on any atom is 1.00 e. The number of nitrogens with zero attached hydrogens (tertiary/aromatic N) is 1. The van der Waals surface area contributed by atoms with Gasteiger partial charge in [0.1, 0.15) is 24.4 Å². The van der Waals surface area contributed by atoms with Crippen molar-refractivity contribution in [1.29, 1.82) is 0 Å². The van der Waals surface area contributed by atoms with Crippen LogP contribution < -0.4 is 29.6 Å². The van der Waals surface area contributed by atoms with Crippen LogP contribution in [-0.4, -0.2) is 99.2 Å². The van der Waals surface area contributed by atoms with E-state index in [1.165, 1.54) is 25.7 Å². The van der Waals surface area contributed by atoms with Gasteiger partial charge in [0.15, 0.2) is 0 Å². The first kappa shape index (κ1) is 34.3. The van der Waals surface area contributed by atoms with E-state index in [1.807, 2.05) is 0 Å². The first-order valence-electron chi connectivity index (χ1n) is 11.1. The molecule has 186 valence electrons. The summed E-state index contributed by atoms with van der Waals surface area (Å²) >= 11 is 0. The summed E-state index contributed by atoms with van der Waals surface area (Å²) in [4.78, 5) is 13.4. The van der Waals surface area contributed by atoms with Gasteiger partial charge in [0.2, 0.25) is 5.91 Å². The van der Waals surface area contributed by atoms with Gasteiger partial charge in [0.25, 0.3) is 0 Å². The number of carbonyl (C=O) groups excluding carboxylic acids is 1. The molecule has 0 rings (SSSR count). The normalized spacial score (nSPS) is 15.5. The molecular formula is C20H40NNaO9S. The average Bonchev–Trinajstić information content (AvgIpc) is 2.72. The Bertz CT molecular complexity index is 579. The largest absolute Gasteiger partial charge is 1.00 e. The van der Waals surface area contributed by atoms with Crippen molar-refractivity contribution in [2.45, 2.75) is 95.5 Å². The van der Waals surface area contributed by atoms with Crippen molar-refractivity contribution < 1.29 is 72.9 Å². The van der Waals surface area contributed by atoms with Gasteiger partial charge in [-0.2, -0.15) is 0 Å². The second kappa shape index (κ2) is 19.5. The van der Waals surface area contributed by atoms with Gasteiger partial charge < -0.3 is 35.0 Å². The van der Waals surface area contributed by atoms with Gasteiger partial charge in [-0.1, -0.05) is 58.3 Å². The number of hydrogen-bond acceptors (Lipinski definition) is 9. The maximum atomic E-state index is 12.5. The number of aliphatic hydroxyl groups excluding tert-OH is 5. The summed E-state index contributed by atoms with van der Waals surface area (Å²) in [5, 5.41) is 47.9. The second-order valence-corrected chi connectivity index (χ2v) is 9.50. The molecule has 0 unspecified atom stereocenters. The van der Waals surface area contributed by atoms with E-state index in [0.717, 1.165) is 30.6 Å². The predicted molar refractivity (Wildman–Crippen MR) is 114 cm³/mol. The minimum Gasteiger partial charge on any atom is -0.748 e. The van der Waals surface area contributed by atoms with Gasteiger partial charge in [0, 0.05) is 19.5 Å². The third-order valence-electron chi connectivity index (χ3n) is 5.19. The van der Waals surface area contributed by atoms with Crippen LogP contribution in [0.25, 0.3) is 0 Å². The van der Waals surface area contributed by atoms with Crippen molar-refractivity contribution in [2.24, 2.45) is 0 Å². The quantitative estimate of drug-likeness (QED) is 0.0701. The van der Waals surface area contributed by atoms with E-state index in [0.29, 0.717) is 6.42 Å². The van der Waals surface area contributed by atoms with E-state index in [-0.39, 0.29) is 36.0 Å². The topological polar surface area (TPSA) is 179 Å². The van der Waals surface area contributed by atoms with E-state index >= 15 is 0 Å². The van der Waals surface area contributed by atoms with Crippen LogP contribution in [-0.2, 0) is 14.9 Å². The van der Waals surface area contributed by atoms with Crippen LogP contribution in [0.15, 0.2) is 0 Å². The van der Waals surface area contributed by atoms with Crippen molar-refractivity contribution >= 4 is 16.0 Å².